The predicted octanol–water partition coefficient (Wildman–Crippen LogP) is 5.82. The second kappa shape index (κ2) is 9.56. The SMILES string of the molecule is Cc1ccccc1OCCCCCOc1ccc2c3ccccc3n(CC(=O)O)c2c1. The number of hydrogen-bond donors (Lipinski definition) is 1. The number of aliphatic carboxylic acids is 1. The van der Waals surface area contributed by atoms with Crippen molar-refractivity contribution in [3.63, 3.8) is 0 Å². The van der Waals surface area contributed by atoms with E-state index in [9.17, 15) is 9.90 Å². The summed E-state index contributed by atoms with van der Waals surface area (Å²) in [5.74, 6) is 0.851. The van der Waals surface area contributed by atoms with Gasteiger partial charge >= 0.3 is 5.97 Å². The van der Waals surface area contributed by atoms with Crippen LogP contribution in [0.2, 0.25) is 0 Å². The topological polar surface area (TPSA) is 60.7 Å². The minimum Gasteiger partial charge on any atom is -0.494 e. The molecule has 3 aromatic carbocycles. The molecule has 31 heavy (non-hydrogen) atoms. The van der Waals surface area contributed by atoms with Crippen molar-refractivity contribution in [1.29, 1.82) is 0 Å². The van der Waals surface area contributed by atoms with Crippen molar-refractivity contribution in [2.45, 2.75) is 32.7 Å². The Morgan fingerprint density at radius 3 is 2.35 bits per heavy atom. The molecule has 5 heteroatoms. The molecule has 0 amide bonds. The number of aromatic nitrogens is 1. The largest absolute Gasteiger partial charge is 0.494 e. The Bertz CT molecular complexity index is 1190. The molecule has 1 heterocycles. The first kappa shape index (κ1) is 20.8. The molecule has 0 unspecified atom stereocenters. The van der Waals surface area contributed by atoms with Gasteiger partial charge in [0.05, 0.1) is 18.7 Å². The van der Waals surface area contributed by atoms with E-state index in [2.05, 4.69) is 13.0 Å². The van der Waals surface area contributed by atoms with Gasteiger partial charge in [0.15, 0.2) is 0 Å². The first-order chi connectivity index (χ1) is 15.1. The zero-order valence-electron chi connectivity index (χ0n) is 17.7. The molecule has 1 N–H and O–H groups in total. The van der Waals surface area contributed by atoms with Gasteiger partial charge in [-0.2, -0.15) is 0 Å². The summed E-state index contributed by atoms with van der Waals surface area (Å²) in [6.45, 7) is 3.30. The van der Waals surface area contributed by atoms with Crippen LogP contribution in [0.5, 0.6) is 11.5 Å². The van der Waals surface area contributed by atoms with E-state index in [1.807, 2.05) is 65.2 Å². The van der Waals surface area contributed by atoms with Gasteiger partial charge in [0, 0.05) is 22.4 Å². The molecule has 4 rings (SSSR count). The van der Waals surface area contributed by atoms with E-state index in [1.165, 1.54) is 0 Å². The normalized spacial score (nSPS) is 11.1. The molecule has 0 bridgehead atoms. The lowest BCUT2D eigenvalue weighted by molar-refractivity contribution is -0.137. The monoisotopic (exact) mass is 417 g/mol. The molecule has 0 radical (unpaired) electrons. The van der Waals surface area contributed by atoms with E-state index in [4.69, 9.17) is 9.47 Å². The van der Waals surface area contributed by atoms with Gasteiger partial charge in [0.1, 0.15) is 18.0 Å². The molecule has 0 aliphatic heterocycles. The minimum atomic E-state index is -0.859. The van der Waals surface area contributed by atoms with Gasteiger partial charge in [-0.1, -0.05) is 36.4 Å². The smallest absolute Gasteiger partial charge is 0.323 e. The van der Waals surface area contributed by atoms with Crippen molar-refractivity contribution in [2.24, 2.45) is 0 Å². The lowest BCUT2D eigenvalue weighted by Gasteiger charge is -2.10. The van der Waals surface area contributed by atoms with Crippen molar-refractivity contribution in [2.75, 3.05) is 13.2 Å². The van der Waals surface area contributed by atoms with Crippen LogP contribution in [0.3, 0.4) is 0 Å². The maximum atomic E-state index is 11.4. The van der Waals surface area contributed by atoms with Crippen LogP contribution >= 0.6 is 0 Å². The van der Waals surface area contributed by atoms with E-state index in [1.54, 1.807) is 0 Å². The maximum Gasteiger partial charge on any atom is 0.323 e. The molecule has 0 saturated heterocycles. The highest BCUT2D eigenvalue weighted by atomic mass is 16.5. The Labute approximate surface area is 181 Å². The van der Waals surface area contributed by atoms with Gasteiger partial charge in [0.25, 0.3) is 0 Å². The zero-order valence-corrected chi connectivity index (χ0v) is 17.7. The van der Waals surface area contributed by atoms with Gasteiger partial charge in [-0.3, -0.25) is 4.79 Å². The lowest BCUT2D eigenvalue weighted by Crippen LogP contribution is -2.08. The van der Waals surface area contributed by atoms with E-state index in [0.717, 1.165) is 58.1 Å². The van der Waals surface area contributed by atoms with Crippen molar-refractivity contribution < 1.29 is 19.4 Å². The Kier molecular flexibility index (Phi) is 6.41. The zero-order chi connectivity index (χ0) is 21.6. The van der Waals surface area contributed by atoms with E-state index in [0.29, 0.717) is 13.2 Å². The summed E-state index contributed by atoms with van der Waals surface area (Å²) in [6, 6.07) is 21.9. The van der Waals surface area contributed by atoms with Gasteiger partial charge < -0.3 is 19.1 Å². The summed E-state index contributed by atoms with van der Waals surface area (Å²) in [7, 11) is 0. The summed E-state index contributed by atoms with van der Waals surface area (Å²) < 4.78 is 13.6. The molecule has 1 aromatic heterocycles. The van der Waals surface area contributed by atoms with Gasteiger partial charge in [0.2, 0.25) is 0 Å². The van der Waals surface area contributed by atoms with Crippen LogP contribution in [0.1, 0.15) is 24.8 Å². The number of hydrogen-bond acceptors (Lipinski definition) is 3. The predicted molar refractivity (Wildman–Crippen MR) is 123 cm³/mol. The van der Waals surface area contributed by atoms with E-state index < -0.39 is 5.97 Å². The van der Waals surface area contributed by atoms with Crippen molar-refractivity contribution in [3.8, 4) is 11.5 Å². The number of rotatable bonds is 10. The molecular weight excluding hydrogens is 390 g/mol. The maximum absolute atomic E-state index is 11.4. The fourth-order valence-corrected chi connectivity index (χ4v) is 3.90. The van der Waals surface area contributed by atoms with Crippen LogP contribution in [0.4, 0.5) is 0 Å². The molecule has 0 aliphatic rings. The quantitative estimate of drug-likeness (QED) is 0.331. The number of fused-ring (bicyclic) bond motifs is 3. The van der Waals surface area contributed by atoms with Gasteiger partial charge in [-0.05, 0) is 56.0 Å². The third-order valence-corrected chi connectivity index (χ3v) is 5.45. The van der Waals surface area contributed by atoms with Crippen LogP contribution < -0.4 is 9.47 Å². The minimum absolute atomic E-state index is 0.0750. The molecule has 0 aliphatic carbocycles. The highest BCUT2D eigenvalue weighted by Crippen LogP contribution is 2.31. The number of para-hydroxylation sites is 2. The number of carboxylic acids is 1. The number of carboxylic acid groups (broad SMARTS) is 1. The molecule has 5 nitrogen and oxygen atoms in total. The Morgan fingerprint density at radius 2 is 1.55 bits per heavy atom. The fraction of sp³-hybridized carbons (Fsp3) is 0.269. The molecular formula is C26H27NO4. The Hall–Kier alpha value is -3.47. The summed E-state index contributed by atoms with van der Waals surface area (Å²) >= 11 is 0. The van der Waals surface area contributed by atoms with Crippen LogP contribution in [-0.2, 0) is 11.3 Å². The number of nitrogens with zero attached hydrogens (tertiary/aromatic N) is 1. The van der Waals surface area contributed by atoms with Crippen molar-refractivity contribution in [3.05, 3.63) is 72.3 Å². The van der Waals surface area contributed by atoms with Crippen LogP contribution in [0.25, 0.3) is 21.8 Å². The first-order valence-electron chi connectivity index (χ1n) is 10.7. The molecule has 160 valence electrons. The Morgan fingerprint density at radius 1 is 0.839 bits per heavy atom. The van der Waals surface area contributed by atoms with Crippen LogP contribution in [-0.4, -0.2) is 28.9 Å². The fourth-order valence-electron chi connectivity index (χ4n) is 3.90. The standard InChI is InChI=1S/C26H27NO4/c1-19-9-3-6-12-25(19)31-16-8-2-7-15-30-20-13-14-22-21-10-4-5-11-23(21)27(18-26(28)29)24(22)17-20/h3-6,9-14,17H,2,7-8,15-16,18H2,1H3,(H,28,29). The summed E-state index contributed by atoms with van der Waals surface area (Å²) in [5, 5.41) is 11.4. The second-order valence-electron chi connectivity index (χ2n) is 7.70. The number of aryl methyl sites for hydroxylation is 1. The lowest BCUT2D eigenvalue weighted by atomic mass is 10.1. The summed E-state index contributed by atoms with van der Waals surface area (Å²) in [6.07, 6.45) is 2.93. The molecule has 0 atom stereocenters. The number of benzene rings is 3. The third kappa shape index (κ3) is 4.82. The van der Waals surface area contributed by atoms with Crippen LogP contribution in [0.15, 0.2) is 66.7 Å². The molecule has 0 fully saturated rings. The molecule has 0 saturated carbocycles. The highest BCUT2D eigenvalue weighted by molar-refractivity contribution is 6.08. The Balaban J connectivity index is 1.33. The number of unbranched alkanes of at least 4 members (excludes halogenated alkanes) is 2. The van der Waals surface area contributed by atoms with E-state index in [-0.39, 0.29) is 6.54 Å². The molecule has 0 spiro atoms. The highest BCUT2D eigenvalue weighted by Gasteiger charge is 2.13. The number of ether oxygens (including phenoxy) is 2. The summed E-state index contributed by atoms with van der Waals surface area (Å²) in [5.41, 5.74) is 2.96. The first-order valence-corrected chi connectivity index (χ1v) is 10.7. The van der Waals surface area contributed by atoms with E-state index >= 15 is 0 Å². The third-order valence-electron chi connectivity index (χ3n) is 5.45. The summed E-state index contributed by atoms with van der Waals surface area (Å²) in [4.78, 5) is 11.4. The van der Waals surface area contributed by atoms with Crippen LogP contribution in [0, 0.1) is 6.92 Å². The van der Waals surface area contributed by atoms with Crippen molar-refractivity contribution in [1.82, 2.24) is 4.57 Å². The second-order valence-corrected chi connectivity index (χ2v) is 7.70. The van der Waals surface area contributed by atoms with Gasteiger partial charge in [-0.15, -0.1) is 0 Å². The average molecular weight is 418 g/mol. The average Bonchev–Trinajstić information content (AvgIpc) is 3.07. The van der Waals surface area contributed by atoms with Gasteiger partial charge in [-0.25, -0.2) is 0 Å². The number of carbonyl (C=O) groups is 1. The molecule has 4 aromatic rings. The van der Waals surface area contributed by atoms with Crippen molar-refractivity contribution >= 4 is 27.8 Å².